The molecule has 0 N–H and O–H groups in total. The van der Waals surface area contributed by atoms with Gasteiger partial charge in [-0.05, 0) is 43.0 Å². The minimum Gasteiger partial charge on any atom is -0.328 e. The van der Waals surface area contributed by atoms with Crippen LogP contribution in [0.3, 0.4) is 0 Å². The Bertz CT molecular complexity index is 1410. The van der Waals surface area contributed by atoms with E-state index >= 15 is 0 Å². The number of pyridine rings is 1. The highest BCUT2D eigenvalue weighted by atomic mass is 32.2. The van der Waals surface area contributed by atoms with Gasteiger partial charge in [-0.2, -0.15) is 9.30 Å². The zero-order chi connectivity index (χ0) is 25.0. The summed E-state index contributed by atoms with van der Waals surface area (Å²) in [7, 11) is -3.92. The van der Waals surface area contributed by atoms with Crippen LogP contribution in [0.5, 0.6) is 0 Å². The molecule has 9 nitrogen and oxygen atoms in total. The minimum absolute atomic E-state index is 0.0765. The Morgan fingerprint density at radius 2 is 1.74 bits per heavy atom. The molecule has 1 aliphatic heterocycles. The van der Waals surface area contributed by atoms with Crippen molar-refractivity contribution in [2.45, 2.75) is 31.2 Å². The first-order chi connectivity index (χ1) is 16.8. The third-order valence-electron chi connectivity index (χ3n) is 6.14. The summed E-state index contributed by atoms with van der Waals surface area (Å²) >= 11 is 0. The maximum Gasteiger partial charge on any atom is 0.270 e. The molecule has 1 amide bonds. The van der Waals surface area contributed by atoms with Gasteiger partial charge in [0.25, 0.3) is 11.6 Å². The summed E-state index contributed by atoms with van der Waals surface area (Å²) in [5.41, 5.74) is 1.80. The van der Waals surface area contributed by atoms with Gasteiger partial charge in [-0.1, -0.05) is 42.5 Å². The molecule has 35 heavy (non-hydrogen) atoms. The van der Waals surface area contributed by atoms with Gasteiger partial charge in [0.2, 0.25) is 10.0 Å². The van der Waals surface area contributed by atoms with E-state index in [-0.39, 0.29) is 29.6 Å². The van der Waals surface area contributed by atoms with Crippen LogP contribution < -0.4 is 5.49 Å². The van der Waals surface area contributed by atoms with Gasteiger partial charge in [0, 0.05) is 43.9 Å². The summed E-state index contributed by atoms with van der Waals surface area (Å²) in [6.45, 7) is 2.48. The SMILES string of the molecule is Cc1ccc([N+](=O)[O-])cc1S(=O)(=O)N1CCC(C(=O)N=c2ccccn2Cc2ccccc2)CC1. The molecular weight excluding hydrogens is 468 g/mol. The number of piperidine rings is 1. The lowest BCUT2D eigenvalue weighted by Gasteiger charge is -2.30. The molecular formula is C25H26N4O5S. The Morgan fingerprint density at radius 3 is 2.43 bits per heavy atom. The molecule has 4 rings (SSSR count). The van der Waals surface area contributed by atoms with E-state index in [1.54, 1.807) is 13.0 Å². The number of nitrogens with zero attached hydrogens (tertiary/aromatic N) is 4. The van der Waals surface area contributed by atoms with E-state index in [4.69, 9.17) is 0 Å². The molecule has 2 heterocycles. The zero-order valence-corrected chi connectivity index (χ0v) is 20.1. The lowest BCUT2D eigenvalue weighted by atomic mass is 9.97. The molecule has 0 unspecified atom stereocenters. The van der Waals surface area contributed by atoms with Crippen molar-refractivity contribution in [3.05, 3.63) is 99.7 Å². The summed E-state index contributed by atoms with van der Waals surface area (Å²) in [5, 5.41) is 11.1. The first-order valence-corrected chi connectivity index (χ1v) is 12.7. The van der Waals surface area contributed by atoms with Crippen molar-refractivity contribution in [1.82, 2.24) is 8.87 Å². The van der Waals surface area contributed by atoms with Crippen molar-refractivity contribution >= 4 is 21.6 Å². The summed E-state index contributed by atoms with van der Waals surface area (Å²) in [4.78, 5) is 27.7. The van der Waals surface area contributed by atoms with Crippen LogP contribution in [0.1, 0.15) is 24.0 Å². The van der Waals surface area contributed by atoms with E-state index in [9.17, 15) is 23.3 Å². The fourth-order valence-electron chi connectivity index (χ4n) is 4.15. The smallest absolute Gasteiger partial charge is 0.270 e. The molecule has 1 saturated heterocycles. The third-order valence-corrected chi connectivity index (χ3v) is 8.18. The maximum absolute atomic E-state index is 13.2. The van der Waals surface area contributed by atoms with E-state index in [1.165, 1.54) is 16.4 Å². The van der Waals surface area contributed by atoms with Crippen molar-refractivity contribution in [3.63, 3.8) is 0 Å². The predicted octanol–water partition coefficient (Wildman–Crippen LogP) is 3.28. The van der Waals surface area contributed by atoms with Crippen LogP contribution in [-0.2, 0) is 21.4 Å². The summed E-state index contributed by atoms with van der Waals surface area (Å²) in [6, 6.07) is 19.2. The van der Waals surface area contributed by atoms with E-state index in [2.05, 4.69) is 4.99 Å². The number of benzene rings is 2. The summed E-state index contributed by atoms with van der Waals surface area (Å²) < 4.78 is 29.5. The first kappa shape index (κ1) is 24.5. The average Bonchev–Trinajstić information content (AvgIpc) is 2.86. The number of nitro groups is 1. The number of hydrogen-bond donors (Lipinski definition) is 0. The van der Waals surface area contributed by atoms with Crippen LogP contribution in [0.2, 0.25) is 0 Å². The molecule has 1 aliphatic rings. The quantitative estimate of drug-likeness (QED) is 0.385. The van der Waals surface area contributed by atoms with E-state index in [1.807, 2.05) is 53.2 Å². The normalized spacial score (nSPS) is 15.7. The summed E-state index contributed by atoms with van der Waals surface area (Å²) in [6.07, 6.45) is 2.54. The predicted molar refractivity (Wildman–Crippen MR) is 130 cm³/mol. The number of aromatic nitrogens is 1. The molecule has 0 aliphatic carbocycles. The molecule has 2 aromatic carbocycles. The average molecular weight is 495 g/mol. The van der Waals surface area contributed by atoms with Crippen molar-refractivity contribution < 1.29 is 18.1 Å². The molecule has 0 bridgehead atoms. The highest BCUT2D eigenvalue weighted by Crippen LogP contribution is 2.28. The second kappa shape index (κ2) is 10.3. The van der Waals surface area contributed by atoms with Crippen LogP contribution in [0.15, 0.2) is 82.8 Å². The number of rotatable bonds is 6. The maximum atomic E-state index is 13.2. The Hall–Kier alpha value is -3.63. The molecule has 10 heteroatoms. The lowest BCUT2D eigenvalue weighted by Crippen LogP contribution is -2.40. The number of non-ortho nitro benzene ring substituents is 1. The highest BCUT2D eigenvalue weighted by Gasteiger charge is 2.33. The lowest BCUT2D eigenvalue weighted by molar-refractivity contribution is -0.385. The Kier molecular flexibility index (Phi) is 7.23. The Balaban J connectivity index is 1.48. The fourth-order valence-corrected chi connectivity index (χ4v) is 5.86. The van der Waals surface area contributed by atoms with Gasteiger partial charge in [0.05, 0.1) is 9.82 Å². The van der Waals surface area contributed by atoms with Gasteiger partial charge in [-0.25, -0.2) is 8.42 Å². The molecule has 0 radical (unpaired) electrons. The molecule has 1 aromatic heterocycles. The molecule has 0 saturated carbocycles. The minimum atomic E-state index is -3.92. The van der Waals surface area contributed by atoms with E-state index < -0.39 is 20.9 Å². The van der Waals surface area contributed by atoms with Crippen molar-refractivity contribution in [1.29, 1.82) is 0 Å². The molecule has 0 spiro atoms. The van der Waals surface area contributed by atoms with Gasteiger partial charge in [-0.15, -0.1) is 0 Å². The Morgan fingerprint density at radius 1 is 1.06 bits per heavy atom. The highest BCUT2D eigenvalue weighted by molar-refractivity contribution is 7.89. The van der Waals surface area contributed by atoms with Crippen molar-refractivity contribution in [3.8, 4) is 0 Å². The number of aryl methyl sites for hydroxylation is 1. The molecule has 0 atom stereocenters. The van der Waals surface area contributed by atoms with Crippen LogP contribution in [-0.4, -0.2) is 41.2 Å². The van der Waals surface area contributed by atoms with Crippen LogP contribution in [0.25, 0.3) is 0 Å². The number of amides is 1. The number of hydrogen-bond acceptors (Lipinski definition) is 5. The third kappa shape index (κ3) is 5.55. The number of nitro benzene ring substituents is 1. The van der Waals surface area contributed by atoms with Crippen molar-refractivity contribution in [2.24, 2.45) is 10.9 Å². The van der Waals surface area contributed by atoms with Gasteiger partial charge < -0.3 is 4.57 Å². The largest absolute Gasteiger partial charge is 0.328 e. The molecule has 1 fully saturated rings. The van der Waals surface area contributed by atoms with Gasteiger partial charge in [-0.3, -0.25) is 14.9 Å². The Labute approximate surface area is 203 Å². The first-order valence-electron chi connectivity index (χ1n) is 11.3. The van der Waals surface area contributed by atoms with Crippen LogP contribution in [0, 0.1) is 23.0 Å². The second-order valence-corrected chi connectivity index (χ2v) is 10.4. The zero-order valence-electron chi connectivity index (χ0n) is 19.3. The number of carbonyl (C=O) groups is 1. The standard InChI is InChI=1S/C25H26N4O5S/c1-19-10-11-22(29(31)32)17-23(19)35(33,34)28-15-12-21(13-16-28)25(30)26-24-9-5-6-14-27(24)18-20-7-3-2-4-8-20/h2-11,14,17,21H,12-13,15-16,18H2,1H3. The topological polar surface area (TPSA) is 115 Å². The van der Waals surface area contributed by atoms with Crippen LogP contribution >= 0.6 is 0 Å². The van der Waals surface area contributed by atoms with Crippen molar-refractivity contribution in [2.75, 3.05) is 13.1 Å². The monoisotopic (exact) mass is 494 g/mol. The molecule has 182 valence electrons. The van der Waals surface area contributed by atoms with E-state index in [0.29, 0.717) is 30.4 Å². The van der Waals surface area contributed by atoms with Gasteiger partial charge >= 0.3 is 0 Å². The van der Waals surface area contributed by atoms with Gasteiger partial charge in [0.15, 0.2) is 0 Å². The molecule has 3 aromatic rings. The number of sulfonamides is 1. The summed E-state index contributed by atoms with van der Waals surface area (Å²) in [5.74, 6) is -0.667. The van der Waals surface area contributed by atoms with E-state index in [0.717, 1.165) is 11.6 Å². The number of carbonyl (C=O) groups excluding carboxylic acids is 1. The second-order valence-electron chi connectivity index (χ2n) is 8.51. The van der Waals surface area contributed by atoms with Crippen LogP contribution in [0.4, 0.5) is 5.69 Å². The van der Waals surface area contributed by atoms with Gasteiger partial charge in [0.1, 0.15) is 5.49 Å². The fraction of sp³-hybridized carbons (Fsp3) is 0.280.